The van der Waals surface area contributed by atoms with Crippen LogP contribution in [0, 0.1) is 0 Å². The molecule has 25 heavy (non-hydrogen) atoms. The van der Waals surface area contributed by atoms with Gasteiger partial charge in [0.1, 0.15) is 10.9 Å². The molecule has 2 atom stereocenters. The van der Waals surface area contributed by atoms with E-state index in [0.29, 0.717) is 11.9 Å². The van der Waals surface area contributed by atoms with E-state index >= 15 is 0 Å². The molecule has 0 radical (unpaired) electrons. The van der Waals surface area contributed by atoms with Gasteiger partial charge in [0.05, 0.1) is 0 Å². The molecule has 0 fully saturated rings. The van der Waals surface area contributed by atoms with Crippen LogP contribution in [0.2, 0.25) is 0 Å². The van der Waals surface area contributed by atoms with Crippen molar-refractivity contribution in [1.29, 1.82) is 0 Å². The molecule has 1 aliphatic heterocycles. The lowest BCUT2D eigenvalue weighted by molar-refractivity contribution is 0.0236. The van der Waals surface area contributed by atoms with Gasteiger partial charge in [-0.05, 0) is 41.3 Å². The zero-order chi connectivity index (χ0) is 17.1. The molecule has 4 rings (SSSR count). The molecule has 0 saturated heterocycles. The van der Waals surface area contributed by atoms with Gasteiger partial charge in [-0.25, -0.2) is 0 Å². The minimum Gasteiger partial charge on any atom is -0.406 e. The van der Waals surface area contributed by atoms with Gasteiger partial charge in [0.25, 0.3) is 0 Å². The molecule has 3 aromatic rings. The number of nitrogens with one attached hydrogen (secondary N) is 1. The number of benzene rings is 1. The number of ether oxygens (including phenoxy) is 1. The Bertz CT molecular complexity index is 869. The van der Waals surface area contributed by atoms with Crippen LogP contribution in [-0.2, 0) is 10.3 Å². The largest absolute Gasteiger partial charge is 0.406 e. The van der Waals surface area contributed by atoms with E-state index in [1.165, 1.54) is 0 Å². The average molecular weight is 352 g/mol. The van der Waals surface area contributed by atoms with Crippen molar-refractivity contribution in [3.05, 3.63) is 77.8 Å². The summed E-state index contributed by atoms with van der Waals surface area (Å²) in [5.74, 6) is 0.507. The zero-order valence-electron chi connectivity index (χ0n) is 13.5. The van der Waals surface area contributed by atoms with Crippen molar-refractivity contribution in [3.8, 4) is 0 Å². The van der Waals surface area contributed by atoms with E-state index in [4.69, 9.17) is 9.15 Å². The Morgan fingerprint density at radius 3 is 2.68 bits per heavy atom. The van der Waals surface area contributed by atoms with Crippen LogP contribution >= 0.6 is 11.8 Å². The van der Waals surface area contributed by atoms with Crippen LogP contribution in [0.5, 0.6) is 0 Å². The topological polar surface area (TPSA) is 73.1 Å². The first-order chi connectivity index (χ1) is 12.3. The summed E-state index contributed by atoms with van der Waals surface area (Å²) in [6, 6.07) is 13.9. The number of nitrogens with zero attached hydrogens (tertiary/aromatic N) is 3. The Morgan fingerprint density at radius 1 is 1.12 bits per heavy atom. The van der Waals surface area contributed by atoms with Gasteiger partial charge in [0, 0.05) is 25.2 Å². The zero-order valence-corrected chi connectivity index (χ0v) is 14.3. The van der Waals surface area contributed by atoms with Crippen LogP contribution in [0.25, 0.3) is 0 Å². The van der Waals surface area contributed by atoms with E-state index < -0.39 is 5.60 Å². The van der Waals surface area contributed by atoms with Gasteiger partial charge in [0.15, 0.2) is 0 Å². The lowest BCUT2D eigenvalue weighted by atomic mass is 9.90. The Kier molecular flexibility index (Phi) is 4.25. The van der Waals surface area contributed by atoms with Crippen LogP contribution in [-0.4, -0.2) is 22.3 Å². The van der Waals surface area contributed by atoms with E-state index in [-0.39, 0.29) is 5.25 Å². The van der Waals surface area contributed by atoms with Gasteiger partial charge in [-0.15, -0.1) is 16.9 Å². The summed E-state index contributed by atoms with van der Waals surface area (Å²) in [6.45, 7) is 0. The number of anilines is 2. The van der Waals surface area contributed by atoms with Gasteiger partial charge in [0.2, 0.25) is 5.89 Å². The van der Waals surface area contributed by atoms with Gasteiger partial charge >= 0.3 is 6.01 Å². The third-order valence-corrected chi connectivity index (χ3v) is 5.20. The number of pyridine rings is 1. The summed E-state index contributed by atoms with van der Waals surface area (Å²) in [4.78, 5) is 4.08. The van der Waals surface area contributed by atoms with Crippen molar-refractivity contribution in [2.75, 3.05) is 12.4 Å². The lowest BCUT2D eigenvalue weighted by Gasteiger charge is -2.30. The molecule has 7 heteroatoms. The summed E-state index contributed by atoms with van der Waals surface area (Å²) in [5.41, 5.74) is 1.22. The number of para-hydroxylation sites is 1. The molecular formula is C18H16N4O2S. The van der Waals surface area contributed by atoms with E-state index in [0.717, 1.165) is 11.3 Å². The monoisotopic (exact) mass is 352 g/mol. The first-order valence-corrected chi connectivity index (χ1v) is 8.70. The normalized spacial score (nSPS) is 22.2. The molecular weight excluding hydrogens is 336 g/mol. The average Bonchev–Trinajstić information content (AvgIpc) is 3.30. The number of rotatable bonds is 5. The molecule has 6 nitrogen and oxygen atoms in total. The van der Waals surface area contributed by atoms with Crippen molar-refractivity contribution in [3.63, 3.8) is 0 Å². The van der Waals surface area contributed by atoms with E-state index in [9.17, 15) is 0 Å². The van der Waals surface area contributed by atoms with E-state index in [1.807, 2.05) is 53.9 Å². The van der Waals surface area contributed by atoms with Crippen molar-refractivity contribution >= 4 is 23.5 Å². The van der Waals surface area contributed by atoms with E-state index in [1.54, 1.807) is 31.3 Å². The summed E-state index contributed by atoms with van der Waals surface area (Å²) in [7, 11) is 1.68. The Balaban J connectivity index is 1.63. The second kappa shape index (κ2) is 6.70. The molecule has 0 amide bonds. The number of methoxy groups -OCH3 is 1. The van der Waals surface area contributed by atoms with Crippen molar-refractivity contribution in [2.24, 2.45) is 0 Å². The predicted molar refractivity (Wildman–Crippen MR) is 96.4 cm³/mol. The molecule has 1 aliphatic rings. The summed E-state index contributed by atoms with van der Waals surface area (Å²) in [5, 5.41) is 13.3. The fourth-order valence-electron chi connectivity index (χ4n) is 2.84. The molecule has 0 aliphatic carbocycles. The number of aromatic nitrogens is 3. The molecule has 0 spiro atoms. The van der Waals surface area contributed by atoms with Crippen molar-refractivity contribution in [1.82, 2.24) is 15.2 Å². The molecule has 2 aromatic heterocycles. The second-order valence-corrected chi connectivity index (χ2v) is 6.50. The molecule has 0 saturated carbocycles. The summed E-state index contributed by atoms with van der Waals surface area (Å²) in [6.07, 6.45) is 5.52. The van der Waals surface area contributed by atoms with Gasteiger partial charge in [-0.1, -0.05) is 23.3 Å². The first kappa shape index (κ1) is 15.9. The molecule has 1 N–H and O–H groups in total. The second-order valence-electron chi connectivity index (χ2n) is 5.49. The third kappa shape index (κ3) is 2.92. The van der Waals surface area contributed by atoms with Crippen molar-refractivity contribution < 1.29 is 9.15 Å². The SMILES string of the molecule is COC1(c2ccncc2)C=CSC1c1nnc(Nc2ccccc2)o1. The molecule has 1 aromatic carbocycles. The highest BCUT2D eigenvalue weighted by molar-refractivity contribution is 8.02. The van der Waals surface area contributed by atoms with Gasteiger partial charge in [-0.3, -0.25) is 4.98 Å². The quantitative estimate of drug-likeness (QED) is 0.742. The number of hydrogen-bond donors (Lipinski definition) is 1. The fourth-order valence-corrected chi connectivity index (χ4v) is 4.00. The minimum atomic E-state index is -0.663. The first-order valence-electron chi connectivity index (χ1n) is 7.76. The Hall–Kier alpha value is -2.64. The molecule has 2 unspecified atom stereocenters. The maximum absolute atomic E-state index is 5.90. The Morgan fingerprint density at radius 2 is 1.92 bits per heavy atom. The highest BCUT2D eigenvalue weighted by Gasteiger charge is 2.46. The van der Waals surface area contributed by atoms with Crippen LogP contribution in [0.3, 0.4) is 0 Å². The molecule has 0 bridgehead atoms. The van der Waals surface area contributed by atoms with Crippen LogP contribution in [0.15, 0.2) is 70.8 Å². The highest BCUT2D eigenvalue weighted by atomic mass is 32.2. The highest BCUT2D eigenvalue weighted by Crippen LogP contribution is 2.52. The van der Waals surface area contributed by atoms with Crippen molar-refractivity contribution in [2.45, 2.75) is 10.9 Å². The van der Waals surface area contributed by atoms with Crippen LogP contribution in [0.1, 0.15) is 16.7 Å². The number of hydrogen-bond acceptors (Lipinski definition) is 7. The van der Waals surface area contributed by atoms with E-state index in [2.05, 4.69) is 20.5 Å². The van der Waals surface area contributed by atoms with Gasteiger partial charge < -0.3 is 14.5 Å². The molecule has 3 heterocycles. The maximum Gasteiger partial charge on any atom is 0.320 e. The smallest absolute Gasteiger partial charge is 0.320 e. The lowest BCUT2D eigenvalue weighted by Crippen LogP contribution is -2.30. The summed E-state index contributed by atoms with van der Waals surface area (Å²) < 4.78 is 11.8. The molecule has 126 valence electrons. The predicted octanol–water partition coefficient (Wildman–Crippen LogP) is 4.05. The van der Waals surface area contributed by atoms with Crippen LogP contribution < -0.4 is 5.32 Å². The van der Waals surface area contributed by atoms with Crippen LogP contribution in [0.4, 0.5) is 11.7 Å². The third-order valence-electron chi connectivity index (χ3n) is 4.08. The number of thioether (sulfide) groups is 1. The maximum atomic E-state index is 5.90. The Labute approximate surface area is 149 Å². The standard InChI is InChI=1S/C18H16N4O2S/c1-23-18(13-7-10-19-11-8-13)9-12-25-15(18)16-21-22-17(24-16)20-14-5-3-2-4-6-14/h2-12,15H,1H3,(H,20,22). The minimum absolute atomic E-state index is 0.168. The fraction of sp³-hybridized carbons (Fsp3) is 0.167. The summed E-state index contributed by atoms with van der Waals surface area (Å²) >= 11 is 1.59. The van der Waals surface area contributed by atoms with Gasteiger partial charge in [-0.2, -0.15) is 0 Å².